The molecule has 1 saturated heterocycles. The summed E-state index contributed by atoms with van der Waals surface area (Å²) in [6, 6.07) is 6.00. The highest BCUT2D eigenvalue weighted by atomic mass is 16.6. The number of carbonyl (C=O) groups excluding carboxylic acids is 1. The Bertz CT molecular complexity index is 489. The Balaban J connectivity index is 2.06. The number of nitro groups is 1. The number of benzene rings is 1. The van der Waals surface area contributed by atoms with Crippen LogP contribution in [0.5, 0.6) is 0 Å². The molecule has 102 valence electrons. The predicted octanol–water partition coefficient (Wildman–Crippen LogP) is 1.12. The molecular formula is C13H16N2O4. The molecule has 6 nitrogen and oxygen atoms in total. The van der Waals surface area contributed by atoms with E-state index in [0.29, 0.717) is 12.1 Å². The molecule has 1 amide bonds. The van der Waals surface area contributed by atoms with Gasteiger partial charge in [0.2, 0.25) is 5.91 Å². The van der Waals surface area contributed by atoms with Gasteiger partial charge < -0.3 is 10.0 Å². The maximum absolute atomic E-state index is 12.1. The molecule has 1 N–H and O–H groups in total. The molecule has 1 atom stereocenters. The first-order valence-corrected chi connectivity index (χ1v) is 6.25. The van der Waals surface area contributed by atoms with Crippen molar-refractivity contribution in [3.05, 3.63) is 39.9 Å². The first kappa shape index (κ1) is 13.5. The summed E-state index contributed by atoms with van der Waals surface area (Å²) in [5, 5.41) is 19.9. The van der Waals surface area contributed by atoms with E-state index >= 15 is 0 Å². The Kier molecular flexibility index (Phi) is 4.11. The number of nitro benzene ring substituents is 1. The van der Waals surface area contributed by atoms with E-state index in [0.717, 1.165) is 12.8 Å². The molecule has 0 spiro atoms. The highest BCUT2D eigenvalue weighted by Crippen LogP contribution is 2.19. The second-order valence-electron chi connectivity index (χ2n) is 4.67. The smallest absolute Gasteiger partial charge is 0.269 e. The highest BCUT2D eigenvalue weighted by molar-refractivity contribution is 5.79. The Morgan fingerprint density at radius 3 is 3.00 bits per heavy atom. The number of aliphatic hydroxyl groups excluding tert-OH is 1. The molecule has 0 unspecified atom stereocenters. The van der Waals surface area contributed by atoms with Crippen molar-refractivity contribution >= 4 is 11.6 Å². The first-order chi connectivity index (χ1) is 9.11. The number of likely N-dealkylation sites (tertiary alicyclic amines) is 1. The lowest BCUT2D eigenvalue weighted by atomic mass is 10.1. The number of hydrogen-bond donors (Lipinski definition) is 1. The van der Waals surface area contributed by atoms with Crippen LogP contribution < -0.4 is 0 Å². The number of amides is 1. The van der Waals surface area contributed by atoms with E-state index in [9.17, 15) is 20.0 Å². The molecule has 19 heavy (non-hydrogen) atoms. The molecule has 0 aliphatic carbocycles. The molecule has 1 aromatic rings. The summed E-state index contributed by atoms with van der Waals surface area (Å²) >= 11 is 0. The van der Waals surface area contributed by atoms with E-state index < -0.39 is 4.92 Å². The van der Waals surface area contributed by atoms with E-state index in [2.05, 4.69) is 0 Å². The monoisotopic (exact) mass is 264 g/mol. The van der Waals surface area contributed by atoms with Crippen LogP contribution in [0.1, 0.15) is 18.4 Å². The Morgan fingerprint density at radius 2 is 2.32 bits per heavy atom. The molecule has 1 fully saturated rings. The van der Waals surface area contributed by atoms with Crippen molar-refractivity contribution in [1.82, 2.24) is 4.90 Å². The molecule has 0 bridgehead atoms. The van der Waals surface area contributed by atoms with Crippen LogP contribution >= 0.6 is 0 Å². The molecule has 2 rings (SSSR count). The number of hydrogen-bond acceptors (Lipinski definition) is 4. The topological polar surface area (TPSA) is 83.7 Å². The zero-order valence-electron chi connectivity index (χ0n) is 10.5. The van der Waals surface area contributed by atoms with Crippen molar-refractivity contribution in [2.24, 2.45) is 0 Å². The second kappa shape index (κ2) is 5.79. The summed E-state index contributed by atoms with van der Waals surface area (Å²) in [4.78, 5) is 24.0. The van der Waals surface area contributed by atoms with Crippen LogP contribution in [0.25, 0.3) is 0 Å². The van der Waals surface area contributed by atoms with Crippen molar-refractivity contribution in [3.8, 4) is 0 Å². The third-order valence-corrected chi connectivity index (χ3v) is 3.38. The van der Waals surface area contributed by atoms with Crippen LogP contribution in [0, 0.1) is 10.1 Å². The second-order valence-corrected chi connectivity index (χ2v) is 4.67. The van der Waals surface area contributed by atoms with Crippen LogP contribution in [0.2, 0.25) is 0 Å². The zero-order chi connectivity index (χ0) is 13.8. The number of rotatable bonds is 4. The Labute approximate surface area is 110 Å². The first-order valence-electron chi connectivity index (χ1n) is 6.25. The van der Waals surface area contributed by atoms with Gasteiger partial charge in [-0.1, -0.05) is 12.1 Å². The lowest BCUT2D eigenvalue weighted by molar-refractivity contribution is -0.384. The molecule has 1 aliphatic rings. The number of aliphatic hydroxyl groups is 1. The van der Waals surface area contributed by atoms with Crippen molar-refractivity contribution in [1.29, 1.82) is 0 Å². The summed E-state index contributed by atoms with van der Waals surface area (Å²) in [7, 11) is 0. The van der Waals surface area contributed by atoms with Crippen LogP contribution in [0.3, 0.4) is 0 Å². The highest BCUT2D eigenvalue weighted by Gasteiger charge is 2.27. The fraction of sp³-hybridized carbons (Fsp3) is 0.462. The Hall–Kier alpha value is -1.95. The molecule has 0 aromatic heterocycles. The van der Waals surface area contributed by atoms with Gasteiger partial charge in [-0.05, 0) is 18.4 Å². The van der Waals surface area contributed by atoms with E-state index in [-0.39, 0.29) is 30.7 Å². The largest absolute Gasteiger partial charge is 0.394 e. The maximum Gasteiger partial charge on any atom is 0.269 e. The third kappa shape index (κ3) is 3.08. The molecule has 1 heterocycles. The van der Waals surface area contributed by atoms with Gasteiger partial charge in [0.15, 0.2) is 0 Å². The van der Waals surface area contributed by atoms with Gasteiger partial charge in [-0.25, -0.2) is 0 Å². The minimum Gasteiger partial charge on any atom is -0.394 e. The van der Waals surface area contributed by atoms with Gasteiger partial charge in [-0.3, -0.25) is 14.9 Å². The van der Waals surface area contributed by atoms with Gasteiger partial charge in [-0.15, -0.1) is 0 Å². The fourth-order valence-electron chi connectivity index (χ4n) is 2.41. The quantitative estimate of drug-likeness (QED) is 0.652. The van der Waals surface area contributed by atoms with Gasteiger partial charge >= 0.3 is 0 Å². The molecule has 6 heteroatoms. The van der Waals surface area contributed by atoms with Gasteiger partial charge in [-0.2, -0.15) is 0 Å². The van der Waals surface area contributed by atoms with E-state index in [1.165, 1.54) is 12.1 Å². The normalized spacial score (nSPS) is 18.6. The Morgan fingerprint density at radius 1 is 1.53 bits per heavy atom. The summed E-state index contributed by atoms with van der Waals surface area (Å²) in [5.41, 5.74) is 0.619. The minimum atomic E-state index is -0.472. The van der Waals surface area contributed by atoms with Gasteiger partial charge in [0.1, 0.15) is 0 Å². The lowest BCUT2D eigenvalue weighted by Gasteiger charge is -2.23. The summed E-state index contributed by atoms with van der Waals surface area (Å²) < 4.78 is 0. The predicted molar refractivity (Wildman–Crippen MR) is 68.6 cm³/mol. The summed E-state index contributed by atoms with van der Waals surface area (Å²) in [5.74, 6) is -0.0861. The van der Waals surface area contributed by atoms with Crippen LogP contribution in [-0.4, -0.2) is 40.0 Å². The minimum absolute atomic E-state index is 0.00886. The summed E-state index contributed by atoms with van der Waals surface area (Å²) in [6.45, 7) is 0.625. The number of non-ortho nitro benzene ring substituents is 1. The molecule has 0 radical (unpaired) electrons. The maximum atomic E-state index is 12.1. The molecular weight excluding hydrogens is 248 g/mol. The van der Waals surface area contributed by atoms with Crippen molar-refractivity contribution < 1.29 is 14.8 Å². The van der Waals surface area contributed by atoms with Crippen molar-refractivity contribution in [2.75, 3.05) is 13.2 Å². The van der Waals surface area contributed by atoms with Gasteiger partial charge in [0.05, 0.1) is 24.0 Å². The van der Waals surface area contributed by atoms with E-state index in [4.69, 9.17) is 0 Å². The average Bonchev–Trinajstić information content (AvgIpc) is 2.87. The lowest BCUT2D eigenvalue weighted by Crippen LogP contribution is -2.38. The number of nitrogens with zero attached hydrogens (tertiary/aromatic N) is 2. The zero-order valence-corrected chi connectivity index (χ0v) is 10.5. The average molecular weight is 264 g/mol. The molecule has 1 aromatic carbocycles. The van der Waals surface area contributed by atoms with Gasteiger partial charge in [0, 0.05) is 18.7 Å². The fourth-order valence-corrected chi connectivity index (χ4v) is 2.41. The number of carbonyl (C=O) groups is 1. The molecule has 1 aliphatic heterocycles. The molecule has 0 saturated carbocycles. The van der Waals surface area contributed by atoms with E-state index in [1.54, 1.807) is 17.0 Å². The standard InChI is InChI=1S/C13H16N2O4/c16-9-12-5-2-6-14(12)13(17)8-10-3-1-4-11(7-10)15(18)19/h1,3-4,7,12,16H,2,5-6,8-9H2/t12-/m0/s1. The summed E-state index contributed by atoms with van der Waals surface area (Å²) in [6.07, 6.45) is 1.85. The SMILES string of the molecule is O=C(Cc1cccc([N+](=O)[O-])c1)N1CCC[C@H]1CO. The van der Waals surface area contributed by atoms with Crippen LogP contribution in [-0.2, 0) is 11.2 Å². The van der Waals surface area contributed by atoms with Gasteiger partial charge in [0.25, 0.3) is 5.69 Å². The van der Waals surface area contributed by atoms with Crippen LogP contribution in [0.4, 0.5) is 5.69 Å². The van der Waals surface area contributed by atoms with Crippen molar-refractivity contribution in [2.45, 2.75) is 25.3 Å². The third-order valence-electron chi connectivity index (χ3n) is 3.38. The van der Waals surface area contributed by atoms with E-state index in [1.807, 2.05) is 0 Å². The van der Waals surface area contributed by atoms with Crippen LogP contribution in [0.15, 0.2) is 24.3 Å². The van der Waals surface area contributed by atoms with Crippen molar-refractivity contribution in [3.63, 3.8) is 0 Å².